The molecule has 4 heterocycles. The molecule has 0 radical (unpaired) electrons. The third kappa shape index (κ3) is 3.53. The van der Waals surface area contributed by atoms with Gasteiger partial charge < -0.3 is 10.2 Å². The van der Waals surface area contributed by atoms with Crippen LogP contribution in [-0.2, 0) is 7.05 Å². The third-order valence-electron chi connectivity index (χ3n) is 4.82. The van der Waals surface area contributed by atoms with E-state index in [4.69, 9.17) is 0 Å². The highest BCUT2D eigenvalue weighted by molar-refractivity contribution is 5.95. The lowest BCUT2D eigenvalue weighted by molar-refractivity contribution is 0.0732. The van der Waals surface area contributed by atoms with Crippen LogP contribution >= 0.6 is 0 Å². The molecule has 0 spiro atoms. The second-order valence-electron chi connectivity index (χ2n) is 6.77. The molecule has 0 aromatic carbocycles. The van der Waals surface area contributed by atoms with Gasteiger partial charge >= 0.3 is 0 Å². The predicted molar refractivity (Wildman–Crippen MR) is 103 cm³/mol. The maximum Gasteiger partial charge on any atom is 0.257 e. The highest BCUT2D eigenvalue weighted by atomic mass is 16.2. The van der Waals surface area contributed by atoms with Crippen molar-refractivity contribution in [3.63, 3.8) is 0 Å². The summed E-state index contributed by atoms with van der Waals surface area (Å²) in [6, 6.07) is 9.68. The first-order chi connectivity index (χ1) is 13.1. The first-order valence-corrected chi connectivity index (χ1v) is 9.07. The summed E-state index contributed by atoms with van der Waals surface area (Å²) >= 11 is 0. The lowest BCUT2D eigenvalue weighted by Crippen LogP contribution is -2.31. The van der Waals surface area contributed by atoms with Crippen LogP contribution in [0.25, 0.3) is 0 Å². The van der Waals surface area contributed by atoms with E-state index < -0.39 is 0 Å². The molecule has 0 saturated carbocycles. The summed E-state index contributed by atoms with van der Waals surface area (Å²) in [6.07, 6.45) is 7.23. The summed E-state index contributed by atoms with van der Waals surface area (Å²) in [4.78, 5) is 23.8. The number of likely N-dealkylation sites (tertiary alicyclic amines) is 1. The highest BCUT2D eigenvalue weighted by Gasteiger charge is 2.32. The average molecular weight is 362 g/mol. The number of nitrogens with one attached hydrogen (secondary N) is 1. The Labute approximate surface area is 158 Å². The number of carbonyl (C=O) groups excluding carboxylic acids is 1. The van der Waals surface area contributed by atoms with Gasteiger partial charge in [0.05, 0.1) is 34.9 Å². The van der Waals surface area contributed by atoms with E-state index >= 15 is 0 Å². The van der Waals surface area contributed by atoms with Crippen molar-refractivity contribution in [2.24, 2.45) is 7.05 Å². The van der Waals surface area contributed by atoms with E-state index in [1.165, 1.54) is 0 Å². The quantitative estimate of drug-likeness (QED) is 0.771. The summed E-state index contributed by atoms with van der Waals surface area (Å²) in [7, 11) is 1.83. The molecule has 1 aliphatic heterocycles. The van der Waals surface area contributed by atoms with Crippen molar-refractivity contribution in [2.75, 3.05) is 11.9 Å². The van der Waals surface area contributed by atoms with Gasteiger partial charge in [0.1, 0.15) is 5.82 Å². The van der Waals surface area contributed by atoms with E-state index in [0.717, 1.165) is 42.3 Å². The number of anilines is 2. The minimum Gasteiger partial charge on any atom is -0.339 e. The van der Waals surface area contributed by atoms with Crippen LogP contribution in [0.5, 0.6) is 0 Å². The summed E-state index contributed by atoms with van der Waals surface area (Å²) in [6.45, 7) is 2.61. The summed E-state index contributed by atoms with van der Waals surface area (Å²) in [5.74, 6) is 0.803. The van der Waals surface area contributed by atoms with Gasteiger partial charge in [-0.25, -0.2) is 4.98 Å². The highest BCUT2D eigenvalue weighted by Crippen LogP contribution is 2.33. The first kappa shape index (κ1) is 17.2. The molecule has 0 unspecified atom stereocenters. The maximum atomic E-state index is 13.0. The number of aromatic nitrogens is 4. The molecule has 1 aliphatic rings. The molecule has 27 heavy (non-hydrogen) atoms. The number of amides is 1. The minimum atomic E-state index is 0.000932. The van der Waals surface area contributed by atoms with Gasteiger partial charge in [-0.15, -0.1) is 0 Å². The molecule has 1 fully saturated rings. The largest absolute Gasteiger partial charge is 0.339 e. The van der Waals surface area contributed by atoms with Gasteiger partial charge in [0, 0.05) is 26.0 Å². The number of pyridine rings is 2. The van der Waals surface area contributed by atoms with Crippen LogP contribution in [0, 0.1) is 6.92 Å². The lowest BCUT2D eigenvalue weighted by atomic mass is 10.1. The van der Waals surface area contributed by atoms with Crippen molar-refractivity contribution in [1.29, 1.82) is 0 Å². The van der Waals surface area contributed by atoms with Gasteiger partial charge in [0.25, 0.3) is 5.91 Å². The van der Waals surface area contributed by atoms with Gasteiger partial charge in [-0.05, 0) is 44.0 Å². The molecule has 7 heteroatoms. The SMILES string of the molecule is Cc1nn(C)cc1C(=O)N1CCC[C@H]1c1ccc(Nc2ccccn2)cn1. The van der Waals surface area contributed by atoms with E-state index in [-0.39, 0.29) is 11.9 Å². The van der Waals surface area contributed by atoms with Crippen molar-refractivity contribution in [3.05, 3.63) is 65.9 Å². The van der Waals surface area contributed by atoms with Crippen LogP contribution in [-0.4, -0.2) is 37.1 Å². The Hall–Kier alpha value is -3.22. The van der Waals surface area contributed by atoms with Crippen LogP contribution < -0.4 is 5.32 Å². The summed E-state index contributed by atoms with van der Waals surface area (Å²) < 4.78 is 1.68. The minimum absolute atomic E-state index is 0.000932. The van der Waals surface area contributed by atoms with Gasteiger partial charge in [-0.2, -0.15) is 5.10 Å². The Morgan fingerprint density at radius 3 is 2.78 bits per heavy atom. The van der Waals surface area contributed by atoms with Crippen LogP contribution in [0.4, 0.5) is 11.5 Å². The van der Waals surface area contributed by atoms with E-state index in [1.807, 2.05) is 49.2 Å². The summed E-state index contributed by atoms with van der Waals surface area (Å²) in [5.41, 5.74) is 3.21. The van der Waals surface area contributed by atoms with Crippen molar-refractivity contribution < 1.29 is 4.79 Å². The fraction of sp³-hybridized carbons (Fsp3) is 0.300. The molecule has 1 amide bonds. The molecule has 4 rings (SSSR count). The molecular weight excluding hydrogens is 340 g/mol. The zero-order valence-corrected chi connectivity index (χ0v) is 15.5. The van der Waals surface area contributed by atoms with Crippen LogP contribution in [0.1, 0.15) is 40.6 Å². The zero-order valence-electron chi connectivity index (χ0n) is 15.5. The monoisotopic (exact) mass is 362 g/mol. The fourth-order valence-electron chi connectivity index (χ4n) is 3.54. The van der Waals surface area contributed by atoms with E-state index in [9.17, 15) is 4.79 Å². The van der Waals surface area contributed by atoms with Crippen molar-refractivity contribution in [2.45, 2.75) is 25.8 Å². The van der Waals surface area contributed by atoms with Crippen LogP contribution in [0.3, 0.4) is 0 Å². The Morgan fingerprint density at radius 2 is 2.11 bits per heavy atom. The zero-order chi connectivity index (χ0) is 18.8. The van der Waals surface area contributed by atoms with Crippen molar-refractivity contribution in [3.8, 4) is 0 Å². The Morgan fingerprint density at radius 1 is 1.22 bits per heavy atom. The normalized spacial score (nSPS) is 16.5. The van der Waals surface area contributed by atoms with Gasteiger partial charge in [-0.3, -0.25) is 14.5 Å². The molecule has 1 N–H and O–H groups in total. The molecule has 138 valence electrons. The molecule has 3 aromatic rings. The molecule has 3 aromatic heterocycles. The van der Waals surface area contributed by atoms with E-state index in [1.54, 1.807) is 23.3 Å². The Balaban J connectivity index is 1.52. The number of hydrogen-bond acceptors (Lipinski definition) is 5. The molecule has 0 bridgehead atoms. The predicted octanol–water partition coefficient (Wildman–Crippen LogP) is 3.24. The molecule has 1 atom stereocenters. The van der Waals surface area contributed by atoms with Crippen molar-refractivity contribution in [1.82, 2.24) is 24.6 Å². The van der Waals surface area contributed by atoms with Crippen molar-refractivity contribution >= 4 is 17.4 Å². The Kier molecular flexibility index (Phi) is 4.58. The Bertz CT molecular complexity index is 935. The number of hydrogen-bond donors (Lipinski definition) is 1. The first-order valence-electron chi connectivity index (χ1n) is 9.07. The average Bonchev–Trinajstić information content (AvgIpc) is 3.29. The van der Waals surface area contributed by atoms with Gasteiger partial charge in [0.15, 0.2) is 0 Å². The fourth-order valence-corrected chi connectivity index (χ4v) is 3.54. The topological polar surface area (TPSA) is 75.9 Å². The number of nitrogens with zero attached hydrogens (tertiary/aromatic N) is 5. The molecule has 1 saturated heterocycles. The maximum absolute atomic E-state index is 13.0. The van der Waals surface area contributed by atoms with Gasteiger partial charge in [0.2, 0.25) is 0 Å². The number of aryl methyl sites for hydroxylation is 2. The second-order valence-corrected chi connectivity index (χ2v) is 6.77. The number of rotatable bonds is 4. The molecule has 0 aliphatic carbocycles. The third-order valence-corrected chi connectivity index (χ3v) is 4.82. The standard InChI is InChI=1S/C20H22N6O/c1-14-16(13-25(2)24-14)20(27)26-11-5-6-18(26)17-9-8-15(12-22-17)23-19-7-3-4-10-21-19/h3-4,7-10,12-13,18H,5-6,11H2,1-2H3,(H,21,23)/t18-/m0/s1. The molecule has 7 nitrogen and oxygen atoms in total. The smallest absolute Gasteiger partial charge is 0.257 e. The summed E-state index contributed by atoms with van der Waals surface area (Å²) in [5, 5.41) is 7.52. The van der Waals surface area contributed by atoms with Crippen LogP contribution in [0.15, 0.2) is 48.9 Å². The lowest BCUT2D eigenvalue weighted by Gasteiger charge is -2.24. The second kappa shape index (κ2) is 7.19. The molecular formula is C20H22N6O. The van der Waals surface area contributed by atoms with Crippen LogP contribution in [0.2, 0.25) is 0 Å². The van der Waals surface area contributed by atoms with Gasteiger partial charge in [-0.1, -0.05) is 6.07 Å². The van der Waals surface area contributed by atoms with E-state index in [0.29, 0.717) is 5.56 Å². The number of carbonyl (C=O) groups is 1. The van der Waals surface area contributed by atoms with E-state index in [2.05, 4.69) is 20.4 Å².